The Balaban J connectivity index is 1.68. The topological polar surface area (TPSA) is 42.4 Å². The van der Waals surface area contributed by atoms with Gasteiger partial charge in [-0.05, 0) is 38.3 Å². The number of thiazole rings is 1. The van der Waals surface area contributed by atoms with Crippen LogP contribution >= 0.6 is 11.3 Å². The van der Waals surface area contributed by atoms with Gasteiger partial charge in [0, 0.05) is 18.5 Å². The Labute approximate surface area is 147 Å². The van der Waals surface area contributed by atoms with Crippen LogP contribution in [0.3, 0.4) is 0 Å². The number of carbonyl (C=O) groups excluding carboxylic acids is 1. The largest absolute Gasteiger partial charge is 0.372 e. The average molecular weight is 344 g/mol. The fraction of sp³-hybridized carbons (Fsp3) is 0.474. The summed E-state index contributed by atoms with van der Waals surface area (Å²) < 4.78 is 5.57. The lowest BCUT2D eigenvalue weighted by Crippen LogP contribution is -2.39. The molecule has 2 atom stereocenters. The maximum atomic E-state index is 12.8. The first-order valence-electron chi connectivity index (χ1n) is 8.53. The summed E-state index contributed by atoms with van der Waals surface area (Å²) in [4.78, 5) is 19.3. The van der Waals surface area contributed by atoms with Gasteiger partial charge < -0.3 is 9.64 Å². The van der Waals surface area contributed by atoms with Crippen LogP contribution in [0.1, 0.15) is 54.7 Å². The number of carbonyl (C=O) groups is 1. The van der Waals surface area contributed by atoms with Gasteiger partial charge in [0.05, 0.1) is 18.2 Å². The van der Waals surface area contributed by atoms with E-state index in [0.29, 0.717) is 13.0 Å². The highest BCUT2D eigenvalue weighted by atomic mass is 32.1. The van der Waals surface area contributed by atoms with Gasteiger partial charge in [0.2, 0.25) is 5.91 Å². The molecule has 0 unspecified atom stereocenters. The van der Waals surface area contributed by atoms with E-state index in [4.69, 9.17) is 4.74 Å². The minimum Gasteiger partial charge on any atom is -0.372 e. The smallest absolute Gasteiger partial charge is 0.229 e. The Bertz CT molecular complexity index is 713. The van der Waals surface area contributed by atoms with Gasteiger partial charge in [-0.3, -0.25) is 4.79 Å². The summed E-state index contributed by atoms with van der Waals surface area (Å²) in [7, 11) is 0. The number of aromatic nitrogens is 1. The lowest BCUT2D eigenvalue weighted by molar-refractivity contribution is -0.133. The average Bonchev–Trinajstić information content (AvgIpc) is 3.04. The van der Waals surface area contributed by atoms with Crippen molar-refractivity contribution in [2.45, 2.75) is 45.8 Å². The van der Waals surface area contributed by atoms with Crippen molar-refractivity contribution in [2.75, 3.05) is 13.2 Å². The van der Waals surface area contributed by atoms with E-state index in [1.54, 1.807) is 11.3 Å². The van der Waals surface area contributed by atoms with E-state index in [0.717, 1.165) is 23.7 Å². The molecule has 2 aromatic rings. The number of hydrogen-bond acceptors (Lipinski definition) is 4. The van der Waals surface area contributed by atoms with E-state index in [1.165, 1.54) is 11.1 Å². The summed E-state index contributed by atoms with van der Waals surface area (Å²) in [5.74, 6) is 0.151. The zero-order valence-electron chi connectivity index (χ0n) is 14.5. The highest BCUT2D eigenvalue weighted by molar-refractivity contribution is 7.09. The Kier molecular flexibility index (Phi) is 5.31. The quantitative estimate of drug-likeness (QED) is 0.825. The Morgan fingerprint density at radius 2 is 2.25 bits per heavy atom. The second-order valence-corrected chi connectivity index (χ2v) is 7.05. The lowest BCUT2D eigenvalue weighted by atomic mass is 9.93. The van der Waals surface area contributed by atoms with Crippen LogP contribution in [0.5, 0.6) is 0 Å². The summed E-state index contributed by atoms with van der Waals surface area (Å²) in [6.07, 6.45) is 1.28. The Morgan fingerprint density at radius 1 is 1.46 bits per heavy atom. The molecule has 1 aromatic heterocycles. The van der Waals surface area contributed by atoms with Gasteiger partial charge in [-0.2, -0.15) is 0 Å². The summed E-state index contributed by atoms with van der Waals surface area (Å²) in [5, 5.41) is 2.92. The van der Waals surface area contributed by atoms with Crippen LogP contribution in [0.25, 0.3) is 0 Å². The van der Waals surface area contributed by atoms with Crippen LogP contribution in [-0.2, 0) is 22.4 Å². The van der Waals surface area contributed by atoms with Gasteiger partial charge in [0.1, 0.15) is 11.1 Å². The predicted octanol–water partition coefficient (Wildman–Crippen LogP) is 3.93. The molecule has 1 aromatic carbocycles. The molecule has 2 heterocycles. The molecule has 1 aliphatic rings. The van der Waals surface area contributed by atoms with Crippen LogP contribution in [0, 0.1) is 0 Å². The first kappa shape index (κ1) is 17.1. The summed E-state index contributed by atoms with van der Waals surface area (Å²) in [6, 6.07) is 8.53. The van der Waals surface area contributed by atoms with Crippen LogP contribution in [0.15, 0.2) is 29.6 Å². The number of hydrogen-bond donors (Lipinski definition) is 0. The van der Waals surface area contributed by atoms with Gasteiger partial charge in [-0.25, -0.2) is 4.98 Å². The molecular formula is C19H24N2O2S. The molecular weight excluding hydrogens is 320 g/mol. The molecule has 1 amide bonds. The van der Waals surface area contributed by atoms with E-state index in [1.807, 2.05) is 30.2 Å². The van der Waals surface area contributed by atoms with Crippen LogP contribution in [0.2, 0.25) is 0 Å². The van der Waals surface area contributed by atoms with Crippen molar-refractivity contribution in [1.29, 1.82) is 0 Å². The third kappa shape index (κ3) is 3.52. The molecule has 4 nitrogen and oxygen atoms in total. The number of ether oxygens (including phenoxy) is 1. The first-order chi connectivity index (χ1) is 11.6. The first-order valence-corrected chi connectivity index (χ1v) is 9.41. The minimum atomic E-state index is -0.00959. The third-order valence-electron chi connectivity index (χ3n) is 4.58. The Hall–Kier alpha value is -1.72. The fourth-order valence-corrected chi connectivity index (χ4v) is 4.10. The van der Waals surface area contributed by atoms with Crippen molar-refractivity contribution < 1.29 is 9.53 Å². The minimum absolute atomic E-state index is 0.00959. The molecule has 5 heteroatoms. The standard InChI is InChI=1S/C19H24N2O2S/c1-4-23-14(3)19-20-16(12-24-19)11-18(22)21-10-9-15-7-5-6-8-17(15)13(21)2/h5-8,12-14H,4,9-11H2,1-3H3/t13-,14+/m1/s1. The normalized spacial score (nSPS) is 18.3. The zero-order chi connectivity index (χ0) is 17.1. The summed E-state index contributed by atoms with van der Waals surface area (Å²) in [5.41, 5.74) is 3.47. The summed E-state index contributed by atoms with van der Waals surface area (Å²) in [6.45, 7) is 7.53. The SMILES string of the molecule is CCO[C@@H](C)c1nc(CC(=O)N2CCc3ccccc3[C@H]2C)cs1. The van der Waals surface area contributed by atoms with Gasteiger partial charge in [0.15, 0.2) is 0 Å². The lowest BCUT2D eigenvalue weighted by Gasteiger charge is -2.35. The van der Waals surface area contributed by atoms with Gasteiger partial charge >= 0.3 is 0 Å². The highest BCUT2D eigenvalue weighted by Crippen LogP contribution is 2.30. The molecule has 0 bridgehead atoms. The Morgan fingerprint density at radius 3 is 3.04 bits per heavy atom. The van der Waals surface area contributed by atoms with Gasteiger partial charge in [-0.15, -0.1) is 11.3 Å². The monoisotopic (exact) mass is 344 g/mol. The molecule has 1 aliphatic heterocycles. The molecule has 0 spiro atoms. The van der Waals surface area contributed by atoms with Crippen molar-refractivity contribution in [2.24, 2.45) is 0 Å². The van der Waals surface area contributed by atoms with Crippen molar-refractivity contribution in [1.82, 2.24) is 9.88 Å². The summed E-state index contributed by atoms with van der Waals surface area (Å²) >= 11 is 1.57. The molecule has 24 heavy (non-hydrogen) atoms. The number of benzene rings is 1. The molecule has 0 saturated carbocycles. The molecule has 0 saturated heterocycles. The van der Waals surface area contributed by atoms with Crippen molar-refractivity contribution in [3.05, 3.63) is 51.5 Å². The van der Waals surface area contributed by atoms with Crippen molar-refractivity contribution in [3.8, 4) is 0 Å². The van der Waals surface area contributed by atoms with Gasteiger partial charge in [0.25, 0.3) is 0 Å². The number of fused-ring (bicyclic) bond motifs is 1. The van der Waals surface area contributed by atoms with Crippen molar-refractivity contribution in [3.63, 3.8) is 0 Å². The van der Waals surface area contributed by atoms with Crippen LogP contribution in [0.4, 0.5) is 0 Å². The second-order valence-electron chi connectivity index (χ2n) is 6.16. The van der Waals surface area contributed by atoms with Crippen molar-refractivity contribution >= 4 is 17.2 Å². The predicted molar refractivity (Wildman–Crippen MR) is 96.1 cm³/mol. The number of amides is 1. The van der Waals surface area contributed by atoms with E-state index < -0.39 is 0 Å². The second kappa shape index (κ2) is 7.45. The van der Waals surface area contributed by atoms with E-state index in [9.17, 15) is 4.79 Å². The number of nitrogens with zero attached hydrogens (tertiary/aromatic N) is 2. The molecule has 0 radical (unpaired) electrons. The third-order valence-corrected chi connectivity index (χ3v) is 5.64. The molecule has 0 N–H and O–H groups in total. The molecule has 0 fully saturated rings. The zero-order valence-corrected chi connectivity index (χ0v) is 15.3. The molecule has 128 valence electrons. The van der Waals surface area contributed by atoms with E-state index in [2.05, 4.69) is 30.1 Å². The number of rotatable bonds is 5. The molecule has 3 rings (SSSR count). The van der Waals surface area contributed by atoms with Gasteiger partial charge in [-0.1, -0.05) is 24.3 Å². The maximum Gasteiger partial charge on any atom is 0.229 e. The maximum absolute atomic E-state index is 12.8. The fourth-order valence-electron chi connectivity index (χ4n) is 3.28. The van der Waals surface area contributed by atoms with Crippen LogP contribution in [-0.4, -0.2) is 28.9 Å². The molecule has 0 aliphatic carbocycles. The van der Waals surface area contributed by atoms with Crippen LogP contribution < -0.4 is 0 Å². The highest BCUT2D eigenvalue weighted by Gasteiger charge is 2.27. The van der Waals surface area contributed by atoms with E-state index in [-0.39, 0.29) is 18.1 Å². The van der Waals surface area contributed by atoms with E-state index >= 15 is 0 Å².